The van der Waals surface area contributed by atoms with Crippen LogP contribution < -0.4 is 0 Å². The summed E-state index contributed by atoms with van der Waals surface area (Å²) in [7, 11) is 0. The second kappa shape index (κ2) is 5.67. The van der Waals surface area contributed by atoms with E-state index in [1.165, 1.54) is 32.1 Å². The summed E-state index contributed by atoms with van der Waals surface area (Å²) >= 11 is 5.71. The first-order valence-electron chi connectivity index (χ1n) is 6.31. The van der Waals surface area contributed by atoms with Crippen LogP contribution in [0.4, 0.5) is 0 Å². The molecule has 0 aliphatic heterocycles. The first-order chi connectivity index (χ1) is 7.85. The molecule has 4 heteroatoms. The molecule has 3 nitrogen and oxygen atoms in total. The van der Waals surface area contributed by atoms with Crippen LogP contribution in [0.25, 0.3) is 0 Å². The molecular formula is C12H20ClN3. The zero-order valence-corrected chi connectivity index (χ0v) is 10.7. The maximum absolute atomic E-state index is 5.71. The number of halogens is 1. The summed E-state index contributed by atoms with van der Waals surface area (Å²) in [5, 5.41) is 8.44. The van der Waals surface area contributed by atoms with Gasteiger partial charge in [0.05, 0.1) is 11.7 Å². The highest BCUT2D eigenvalue weighted by molar-refractivity contribution is 6.17. The van der Waals surface area contributed by atoms with Crippen molar-refractivity contribution in [1.82, 2.24) is 15.0 Å². The molecule has 0 aromatic carbocycles. The van der Waals surface area contributed by atoms with E-state index in [0.29, 0.717) is 11.9 Å². The molecule has 0 N–H and O–H groups in total. The van der Waals surface area contributed by atoms with Crippen LogP contribution in [-0.2, 0) is 6.42 Å². The Morgan fingerprint density at radius 1 is 1.44 bits per heavy atom. The van der Waals surface area contributed by atoms with Crippen molar-refractivity contribution in [2.45, 2.75) is 51.5 Å². The van der Waals surface area contributed by atoms with Gasteiger partial charge in [0.15, 0.2) is 0 Å². The first kappa shape index (κ1) is 11.9. The Labute approximate surface area is 102 Å². The highest BCUT2D eigenvalue weighted by Gasteiger charge is 2.25. The van der Waals surface area contributed by atoms with E-state index in [-0.39, 0.29) is 0 Å². The molecule has 0 amide bonds. The highest BCUT2D eigenvalue weighted by atomic mass is 35.5. The van der Waals surface area contributed by atoms with E-state index in [4.69, 9.17) is 11.6 Å². The molecule has 0 spiro atoms. The Morgan fingerprint density at radius 2 is 2.25 bits per heavy atom. The second-order valence-corrected chi connectivity index (χ2v) is 5.03. The Balaban J connectivity index is 2.08. The summed E-state index contributed by atoms with van der Waals surface area (Å²) in [6.07, 6.45) is 9.44. The smallest absolute Gasteiger partial charge is 0.0839 e. The molecule has 1 aromatic rings. The van der Waals surface area contributed by atoms with Gasteiger partial charge < -0.3 is 0 Å². The third kappa shape index (κ3) is 2.57. The van der Waals surface area contributed by atoms with Gasteiger partial charge in [-0.2, -0.15) is 0 Å². The molecule has 90 valence electrons. The van der Waals surface area contributed by atoms with Crippen molar-refractivity contribution in [3.05, 3.63) is 11.9 Å². The summed E-state index contributed by atoms with van der Waals surface area (Å²) in [5.74, 6) is 1.40. The van der Waals surface area contributed by atoms with Crippen LogP contribution in [0.2, 0.25) is 0 Å². The van der Waals surface area contributed by atoms with Crippen molar-refractivity contribution in [2.24, 2.45) is 5.92 Å². The average Bonchev–Trinajstić information content (AvgIpc) is 2.78. The Bertz CT molecular complexity index is 324. The number of hydrogen-bond acceptors (Lipinski definition) is 2. The molecule has 16 heavy (non-hydrogen) atoms. The molecule has 0 bridgehead atoms. The van der Waals surface area contributed by atoms with E-state index in [1.54, 1.807) is 0 Å². The van der Waals surface area contributed by atoms with E-state index in [0.717, 1.165) is 18.0 Å². The minimum absolute atomic E-state index is 0.565. The second-order valence-electron chi connectivity index (χ2n) is 4.65. The molecule has 1 aliphatic rings. The molecule has 2 atom stereocenters. The predicted molar refractivity (Wildman–Crippen MR) is 65.7 cm³/mol. The largest absolute Gasteiger partial charge is 0.249 e. The number of aromatic nitrogens is 3. The number of rotatable bonds is 4. The van der Waals surface area contributed by atoms with Gasteiger partial charge in [0.1, 0.15) is 0 Å². The van der Waals surface area contributed by atoms with Gasteiger partial charge in [-0.3, -0.25) is 0 Å². The highest BCUT2D eigenvalue weighted by Crippen LogP contribution is 2.35. The Hall–Kier alpha value is -0.570. The maximum Gasteiger partial charge on any atom is 0.0839 e. The van der Waals surface area contributed by atoms with E-state index < -0.39 is 0 Å². The van der Waals surface area contributed by atoms with Crippen molar-refractivity contribution in [1.29, 1.82) is 0 Å². The van der Waals surface area contributed by atoms with Gasteiger partial charge in [-0.1, -0.05) is 31.4 Å². The normalized spacial score (nSPS) is 25.9. The zero-order valence-electron chi connectivity index (χ0n) is 9.90. The van der Waals surface area contributed by atoms with Crippen molar-refractivity contribution in [3.8, 4) is 0 Å². The lowest BCUT2D eigenvalue weighted by Gasteiger charge is -2.30. The summed E-state index contributed by atoms with van der Waals surface area (Å²) in [6, 6.07) is 0.565. The quantitative estimate of drug-likeness (QED) is 0.758. The molecule has 0 radical (unpaired) electrons. The standard InChI is InChI=1S/C12H20ClN3/c1-2-10-5-3-4-6-12(10)16-9-11(7-8-13)14-15-16/h9-10,12H,2-8H2,1H3. The van der Waals surface area contributed by atoms with E-state index in [2.05, 4.69) is 28.1 Å². The molecule has 1 fully saturated rings. The van der Waals surface area contributed by atoms with Crippen LogP contribution in [0, 0.1) is 5.92 Å². The van der Waals surface area contributed by atoms with E-state index >= 15 is 0 Å². The number of aryl methyl sites for hydroxylation is 1. The van der Waals surface area contributed by atoms with Crippen molar-refractivity contribution in [3.63, 3.8) is 0 Å². The lowest BCUT2D eigenvalue weighted by Crippen LogP contribution is -2.23. The molecule has 2 unspecified atom stereocenters. The Kier molecular flexibility index (Phi) is 4.22. The van der Waals surface area contributed by atoms with Gasteiger partial charge in [0.25, 0.3) is 0 Å². The van der Waals surface area contributed by atoms with E-state index in [1.807, 2.05) is 0 Å². The minimum Gasteiger partial charge on any atom is -0.249 e. The average molecular weight is 242 g/mol. The third-order valence-corrected chi connectivity index (χ3v) is 3.83. The fraction of sp³-hybridized carbons (Fsp3) is 0.833. The molecule has 1 heterocycles. The van der Waals surface area contributed by atoms with Crippen LogP contribution in [-0.4, -0.2) is 20.9 Å². The van der Waals surface area contributed by atoms with Crippen molar-refractivity contribution >= 4 is 11.6 Å². The number of nitrogens with zero attached hydrogens (tertiary/aromatic N) is 3. The topological polar surface area (TPSA) is 30.7 Å². The summed E-state index contributed by atoms with van der Waals surface area (Å²) in [4.78, 5) is 0. The predicted octanol–water partition coefficient (Wildman–Crippen LogP) is 3.20. The summed E-state index contributed by atoms with van der Waals surface area (Å²) in [6.45, 7) is 2.28. The Morgan fingerprint density at radius 3 is 3.00 bits per heavy atom. The van der Waals surface area contributed by atoms with Gasteiger partial charge in [-0.15, -0.1) is 16.7 Å². The number of hydrogen-bond donors (Lipinski definition) is 0. The zero-order chi connectivity index (χ0) is 11.4. The van der Waals surface area contributed by atoms with Gasteiger partial charge in [0.2, 0.25) is 0 Å². The van der Waals surface area contributed by atoms with Crippen LogP contribution in [0.15, 0.2) is 6.20 Å². The number of alkyl halides is 1. The van der Waals surface area contributed by atoms with Crippen molar-refractivity contribution in [2.75, 3.05) is 5.88 Å². The van der Waals surface area contributed by atoms with E-state index in [9.17, 15) is 0 Å². The molecule has 2 rings (SSSR count). The molecule has 1 aliphatic carbocycles. The SMILES string of the molecule is CCC1CCCCC1n1cc(CCCl)nn1. The monoisotopic (exact) mass is 241 g/mol. The van der Waals surface area contributed by atoms with Crippen LogP contribution in [0.3, 0.4) is 0 Å². The lowest BCUT2D eigenvalue weighted by atomic mass is 9.83. The molecule has 1 aromatic heterocycles. The summed E-state index contributed by atoms with van der Waals surface area (Å²) < 4.78 is 2.08. The minimum atomic E-state index is 0.565. The molecular weight excluding hydrogens is 222 g/mol. The molecule has 0 saturated heterocycles. The van der Waals surface area contributed by atoms with Crippen molar-refractivity contribution < 1.29 is 0 Å². The van der Waals surface area contributed by atoms with Crippen LogP contribution in [0.5, 0.6) is 0 Å². The van der Waals surface area contributed by atoms with Gasteiger partial charge in [-0.25, -0.2) is 4.68 Å². The van der Waals surface area contributed by atoms with Gasteiger partial charge in [0, 0.05) is 18.5 Å². The lowest BCUT2D eigenvalue weighted by molar-refractivity contribution is 0.214. The summed E-state index contributed by atoms with van der Waals surface area (Å²) in [5.41, 5.74) is 1.02. The molecule has 1 saturated carbocycles. The van der Waals surface area contributed by atoms with Gasteiger partial charge in [-0.05, 0) is 18.8 Å². The maximum atomic E-state index is 5.71. The van der Waals surface area contributed by atoms with Crippen LogP contribution in [0.1, 0.15) is 50.8 Å². The first-order valence-corrected chi connectivity index (χ1v) is 6.85. The third-order valence-electron chi connectivity index (χ3n) is 3.64. The fourth-order valence-electron chi connectivity index (χ4n) is 2.70. The van der Waals surface area contributed by atoms with Gasteiger partial charge >= 0.3 is 0 Å². The fourth-order valence-corrected chi connectivity index (χ4v) is 2.89. The van der Waals surface area contributed by atoms with Crippen LogP contribution >= 0.6 is 11.6 Å².